The van der Waals surface area contributed by atoms with Gasteiger partial charge in [0.15, 0.2) is 0 Å². The van der Waals surface area contributed by atoms with Crippen LogP contribution in [0.2, 0.25) is 0 Å². The third kappa shape index (κ3) is 32.8. The van der Waals surface area contributed by atoms with Gasteiger partial charge in [-0.3, -0.25) is 0 Å². The van der Waals surface area contributed by atoms with Crippen molar-refractivity contribution in [1.29, 1.82) is 0 Å². The summed E-state index contributed by atoms with van der Waals surface area (Å²) in [5.74, 6) is 0. The van der Waals surface area contributed by atoms with Crippen molar-refractivity contribution in [2.75, 3.05) is 0 Å². The zero-order valence-electron chi connectivity index (χ0n) is 8.29. The minimum atomic E-state index is -6.44. The Labute approximate surface area is 127 Å². The van der Waals surface area contributed by atoms with E-state index in [2.05, 4.69) is 6.35 Å². The second-order valence-corrected chi connectivity index (χ2v) is 13.3. The molecule has 0 rings (SSSR count). The first-order valence-electron chi connectivity index (χ1n) is 2.86. The van der Waals surface area contributed by atoms with Gasteiger partial charge in [0.25, 0.3) is 0 Å². The number of hydrogen-bond acceptors (Lipinski definition) is 10. The first-order chi connectivity index (χ1) is 7.41. The van der Waals surface area contributed by atoms with Gasteiger partial charge in [0.05, 0.1) is 0 Å². The van der Waals surface area contributed by atoms with E-state index in [0.717, 1.165) is 0 Å². The Morgan fingerprint density at radius 3 is 0.895 bits per heavy atom. The zero-order chi connectivity index (χ0) is 15.4. The van der Waals surface area contributed by atoms with E-state index in [1.165, 1.54) is 0 Å². The van der Waals surface area contributed by atoms with E-state index in [-0.39, 0.29) is 23.1 Å². The maximum atomic E-state index is 9.57. The summed E-state index contributed by atoms with van der Waals surface area (Å²) in [6.45, 7) is 0. The Balaban J connectivity index is -0.000000256. The van der Waals surface area contributed by atoms with Crippen LogP contribution in [0.4, 0.5) is 0 Å². The van der Waals surface area contributed by atoms with Crippen molar-refractivity contribution in [2.24, 2.45) is 0 Å². The monoisotopic (exact) mass is 682 g/mol. The third-order valence-corrected chi connectivity index (χ3v) is 9.25. The van der Waals surface area contributed by atoms with Gasteiger partial charge in [-0.2, -0.15) is 0 Å². The summed E-state index contributed by atoms with van der Waals surface area (Å²) in [5.41, 5.74) is 0. The molecule has 0 aliphatic heterocycles. The van der Waals surface area contributed by atoms with Gasteiger partial charge in [0, 0.05) is 0 Å². The first kappa shape index (κ1) is 25.4. The van der Waals surface area contributed by atoms with Gasteiger partial charge in [0.2, 0.25) is 0 Å². The summed E-state index contributed by atoms with van der Waals surface area (Å²) < 4.78 is 81.8. The Morgan fingerprint density at radius 2 is 0.895 bits per heavy atom. The second-order valence-electron chi connectivity index (χ2n) is 1.95. The smallest absolute Gasteiger partial charge is 2.00 e. The van der Waals surface area contributed by atoms with E-state index in [1.807, 2.05) is 0 Å². The fourth-order valence-corrected chi connectivity index (χ4v) is 5.84. The average Bonchev–Trinajstić information content (AvgIpc) is 1.64. The quantitative estimate of drug-likeness (QED) is 0.163. The molecule has 0 saturated carbocycles. The Hall–Kier alpha value is 1.48. The Bertz CT molecular complexity index is 488. The summed E-state index contributed by atoms with van der Waals surface area (Å²) in [6, 6.07) is 0. The van der Waals surface area contributed by atoms with E-state index in [4.69, 9.17) is 19.6 Å². The molecule has 0 bridgehead atoms. The molecule has 0 atom stereocenters. The number of phosphoric acid groups is 2. The number of hydrogen-bond donors (Lipinski definition) is 4. The van der Waals surface area contributed by atoms with Crippen LogP contribution in [0, 0.1) is 0 Å². The van der Waals surface area contributed by atoms with Crippen molar-refractivity contribution < 1.29 is 89.7 Å². The molecule has 0 aromatic heterocycles. The van der Waals surface area contributed by atoms with Crippen molar-refractivity contribution in [2.45, 2.75) is 0 Å². The van der Waals surface area contributed by atoms with Crippen LogP contribution in [-0.4, -0.2) is 42.6 Å². The molecule has 0 spiro atoms. The fourth-order valence-electron chi connectivity index (χ4n) is 0.238. The van der Waals surface area contributed by atoms with Gasteiger partial charge in [-0.25, -0.2) is 0 Å². The van der Waals surface area contributed by atoms with Crippen molar-refractivity contribution in [3.8, 4) is 0 Å². The first-order valence-corrected chi connectivity index (χ1v) is 15.5. The maximum Gasteiger partial charge on any atom is 2.00 e. The molecule has 19 heteroatoms. The van der Waals surface area contributed by atoms with Gasteiger partial charge in [0.1, 0.15) is 0 Å². The average molecular weight is 682 g/mol. The van der Waals surface area contributed by atoms with Crippen LogP contribution in [0.1, 0.15) is 0 Å². The molecular formula is H4MgO14P2W2. The summed E-state index contributed by atoms with van der Waals surface area (Å²) in [6.07, 6.45) is 0. The SMILES string of the molecule is O=P(O)(O)[O][W](=[O])(=[O])[O-].O=P(O)(O)[O][W](=[O])(=[O])[O-].[Mg+2]. The predicted octanol–water partition coefficient (Wildman–Crippen LogP) is -4.12. The summed E-state index contributed by atoms with van der Waals surface area (Å²) >= 11 is -12.9. The van der Waals surface area contributed by atoms with Crippen LogP contribution in [0.3, 0.4) is 0 Å². The normalized spacial score (nSPS) is 12.9. The van der Waals surface area contributed by atoms with Crippen molar-refractivity contribution in [1.82, 2.24) is 0 Å². The molecule has 0 aromatic rings. The van der Waals surface area contributed by atoms with E-state index in [0.29, 0.717) is 0 Å². The molecule has 0 aromatic carbocycles. The van der Waals surface area contributed by atoms with E-state index in [9.17, 15) is 30.2 Å². The fraction of sp³-hybridized carbons (Fsp3) is 0. The second kappa shape index (κ2) is 8.81. The van der Waals surface area contributed by atoms with Gasteiger partial charge in [-0.15, -0.1) is 0 Å². The Kier molecular flexibility index (Phi) is 11.8. The predicted molar refractivity (Wildman–Crippen MR) is 34.8 cm³/mol. The molecule has 0 saturated heterocycles. The molecule has 0 fully saturated rings. The van der Waals surface area contributed by atoms with E-state index >= 15 is 0 Å². The maximum absolute atomic E-state index is 9.57. The summed E-state index contributed by atoms with van der Waals surface area (Å²) in [4.78, 5) is 30.8. The minimum Gasteiger partial charge on any atom is 2.00 e. The third-order valence-electron chi connectivity index (χ3n) is 0.377. The molecule has 0 unspecified atom stereocenters. The summed E-state index contributed by atoms with van der Waals surface area (Å²) in [5, 5.41) is 0. The number of rotatable bonds is 4. The van der Waals surface area contributed by atoms with Crippen molar-refractivity contribution >= 4 is 38.7 Å². The molecule has 0 heterocycles. The standard InChI is InChI=1S/Mg.2H3O4P.6O.2W/c;2*1-5(2,3)4;;;;;;;;/h;2*(H3,1,2,3,4);;;;;;;;/q+2;;;;;;;2*-1;2*+1/p-2. The molecule has 0 radical (unpaired) electrons. The van der Waals surface area contributed by atoms with Gasteiger partial charge in [-0.05, 0) is 0 Å². The molecule has 0 amide bonds. The molecule has 14 nitrogen and oxygen atoms in total. The van der Waals surface area contributed by atoms with E-state index in [1.54, 1.807) is 0 Å². The van der Waals surface area contributed by atoms with Crippen LogP contribution in [0.25, 0.3) is 0 Å². The topological polar surface area (TPSA) is 248 Å². The van der Waals surface area contributed by atoms with Crippen LogP contribution in [-0.2, 0) is 62.6 Å². The van der Waals surface area contributed by atoms with Gasteiger partial charge < -0.3 is 0 Å². The molecule has 0 aliphatic carbocycles. The van der Waals surface area contributed by atoms with E-state index < -0.39 is 49.1 Å². The Morgan fingerprint density at radius 1 is 0.737 bits per heavy atom. The molecule has 0 aliphatic rings. The molecular weight excluding hydrogens is 678 g/mol. The van der Waals surface area contributed by atoms with Gasteiger partial charge in [-0.1, -0.05) is 0 Å². The molecule has 19 heavy (non-hydrogen) atoms. The van der Waals surface area contributed by atoms with Crippen LogP contribution in [0.15, 0.2) is 0 Å². The molecule has 4 N–H and O–H groups in total. The van der Waals surface area contributed by atoms with Crippen LogP contribution < -0.4 is 7.52 Å². The largest absolute Gasteiger partial charge is 2.00 e. The summed E-state index contributed by atoms with van der Waals surface area (Å²) in [7, 11) is -10.3. The zero-order valence-corrected chi connectivity index (χ0v) is 17.4. The van der Waals surface area contributed by atoms with Gasteiger partial charge >= 0.3 is 128 Å². The minimum absolute atomic E-state index is 0. The van der Waals surface area contributed by atoms with Crippen molar-refractivity contribution in [3.63, 3.8) is 0 Å². The molecule has 112 valence electrons. The van der Waals surface area contributed by atoms with Crippen LogP contribution in [0.5, 0.6) is 0 Å². The van der Waals surface area contributed by atoms with Crippen LogP contribution >= 0.6 is 15.6 Å². The van der Waals surface area contributed by atoms with Crippen molar-refractivity contribution in [3.05, 3.63) is 0 Å².